The van der Waals surface area contributed by atoms with Crippen LogP contribution in [0.15, 0.2) is 0 Å². The molecule has 0 aromatic carbocycles. The lowest BCUT2D eigenvalue weighted by atomic mass is 10.0. The van der Waals surface area contributed by atoms with Gasteiger partial charge in [-0.25, -0.2) is 0 Å². The number of hydrogen-bond acceptors (Lipinski definition) is 3. The van der Waals surface area contributed by atoms with Crippen molar-refractivity contribution in [3.05, 3.63) is 0 Å². The molecule has 12 heavy (non-hydrogen) atoms. The maximum atomic E-state index is 10.7. The maximum Gasteiger partial charge on any atom is 0.323 e. The molecule has 0 heterocycles. The van der Waals surface area contributed by atoms with E-state index in [1.807, 2.05) is 0 Å². The molecule has 0 bridgehead atoms. The fourth-order valence-corrected chi connectivity index (χ4v) is 0.671. The van der Waals surface area contributed by atoms with Gasteiger partial charge in [0.2, 0.25) is 0 Å². The SMILES string of the molecule is COCCN(C)C(C)(C)C(=O)O. The molecule has 0 saturated carbocycles. The van der Waals surface area contributed by atoms with E-state index in [-0.39, 0.29) is 0 Å². The van der Waals surface area contributed by atoms with Crippen molar-refractivity contribution < 1.29 is 14.6 Å². The molecule has 0 aliphatic carbocycles. The molecule has 4 nitrogen and oxygen atoms in total. The van der Waals surface area contributed by atoms with Gasteiger partial charge in [0.15, 0.2) is 0 Å². The molecular formula is C8H17NO3. The number of nitrogens with zero attached hydrogens (tertiary/aromatic N) is 1. The van der Waals surface area contributed by atoms with E-state index in [0.717, 1.165) is 0 Å². The van der Waals surface area contributed by atoms with Crippen LogP contribution >= 0.6 is 0 Å². The fourth-order valence-electron chi connectivity index (χ4n) is 0.671. The van der Waals surface area contributed by atoms with E-state index < -0.39 is 11.5 Å². The summed E-state index contributed by atoms with van der Waals surface area (Å²) in [5.41, 5.74) is -0.821. The van der Waals surface area contributed by atoms with E-state index in [1.165, 1.54) is 0 Å². The van der Waals surface area contributed by atoms with Crippen LogP contribution in [0.2, 0.25) is 0 Å². The third kappa shape index (κ3) is 2.79. The summed E-state index contributed by atoms with van der Waals surface area (Å²) >= 11 is 0. The molecule has 0 saturated heterocycles. The molecular weight excluding hydrogens is 158 g/mol. The van der Waals surface area contributed by atoms with Crippen molar-refractivity contribution in [3.63, 3.8) is 0 Å². The Kier molecular flexibility index (Phi) is 4.20. The lowest BCUT2D eigenvalue weighted by molar-refractivity contribution is -0.148. The molecule has 0 spiro atoms. The Balaban J connectivity index is 4.06. The highest BCUT2D eigenvalue weighted by atomic mass is 16.5. The third-order valence-corrected chi connectivity index (χ3v) is 2.11. The van der Waals surface area contributed by atoms with Crippen LogP contribution in [0.25, 0.3) is 0 Å². The third-order valence-electron chi connectivity index (χ3n) is 2.11. The second-order valence-corrected chi connectivity index (χ2v) is 3.28. The molecule has 72 valence electrons. The van der Waals surface area contributed by atoms with Crippen LogP contribution in [0.4, 0.5) is 0 Å². The second kappa shape index (κ2) is 4.42. The number of likely N-dealkylation sites (N-methyl/N-ethyl adjacent to an activating group) is 1. The maximum absolute atomic E-state index is 10.7. The quantitative estimate of drug-likeness (QED) is 0.658. The molecule has 1 N–H and O–H groups in total. The summed E-state index contributed by atoms with van der Waals surface area (Å²) < 4.78 is 4.85. The Hall–Kier alpha value is -0.610. The summed E-state index contributed by atoms with van der Waals surface area (Å²) in [5.74, 6) is -0.818. The number of carboxylic acids is 1. The lowest BCUT2D eigenvalue weighted by Crippen LogP contribution is -2.48. The van der Waals surface area contributed by atoms with Crippen molar-refractivity contribution in [1.29, 1.82) is 0 Å². The van der Waals surface area contributed by atoms with Gasteiger partial charge in [-0.3, -0.25) is 9.69 Å². The zero-order chi connectivity index (χ0) is 9.78. The Morgan fingerprint density at radius 1 is 1.58 bits per heavy atom. The summed E-state index contributed by atoms with van der Waals surface area (Å²) in [6, 6.07) is 0. The largest absolute Gasteiger partial charge is 0.480 e. The van der Waals surface area contributed by atoms with Gasteiger partial charge in [0, 0.05) is 13.7 Å². The average Bonchev–Trinajstić information content (AvgIpc) is 1.99. The van der Waals surface area contributed by atoms with E-state index in [0.29, 0.717) is 13.2 Å². The monoisotopic (exact) mass is 175 g/mol. The summed E-state index contributed by atoms with van der Waals surface area (Å²) in [6.45, 7) is 4.51. The number of ether oxygens (including phenoxy) is 1. The molecule has 0 amide bonds. The minimum Gasteiger partial charge on any atom is -0.480 e. The van der Waals surface area contributed by atoms with Gasteiger partial charge in [0.05, 0.1) is 6.61 Å². The van der Waals surface area contributed by atoms with Crippen molar-refractivity contribution in [2.45, 2.75) is 19.4 Å². The first-order valence-corrected chi connectivity index (χ1v) is 3.86. The predicted molar refractivity (Wildman–Crippen MR) is 46.2 cm³/mol. The van der Waals surface area contributed by atoms with Crippen molar-refractivity contribution in [3.8, 4) is 0 Å². The smallest absolute Gasteiger partial charge is 0.323 e. The van der Waals surface area contributed by atoms with Gasteiger partial charge in [-0.15, -0.1) is 0 Å². The van der Waals surface area contributed by atoms with E-state index >= 15 is 0 Å². The van der Waals surface area contributed by atoms with Crippen molar-refractivity contribution in [1.82, 2.24) is 4.90 Å². The first-order valence-electron chi connectivity index (χ1n) is 3.86. The Morgan fingerprint density at radius 3 is 2.42 bits per heavy atom. The molecule has 0 atom stereocenters. The van der Waals surface area contributed by atoms with Gasteiger partial charge in [-0.2, -0.15) is 0 Å². The van der Waals surface area contributed by atoms with Crippen LogP contribution in [0.1, 0.15) is 13.8 Å². The Bertz CT molecular complexity index is 156. The van der Waals surface area contributed by atoms with Gasteiger partial charge in [0.25, 0.3) is 0 Å². The second-order valence-electron chi connectivity index (χ2n) is 3.28. The van der Waals surface area contributed by atoms with E-state index in [4.69, 9.17) is 9.84 Å². The summed E-state index contributed by atoms with van der Waals surface area (Å²) in [7, 11) is 3.37. The van der Waals surface area contributed by atoms with E-state index in [1.54, 1.807) is 32.9 Å². The molecule has 0 aromatic heterocycles. The minimum atomic E-state index is -0.821. The van der Waals surface area contributed by atoms with Crippen molar-refractivity contribution in [2.24, 2.45) is 0 Å². The average molecular weight is 175 g/mol. The van der Waals surface area contributed by atoms with Gasteiger partial charge < -0.3 is 9.84 Å². The summed E-state index contributed by atoms with van der Waals surface area (Å²) in [5, 5.41) is 8.83. The Labute approximate surface area is 73.1 Å². The molecule has 0 aliphatic heterocycles. The number of rotatable bonds is 5. The van der Waals surface area contributed by atoms with Crippen LogP contribution in [-0.2, 0) is 9.53 Å². The van der Waals surface area contributed by atoms with Crippen LogP contribution in [0.5, 0.6) is 0 Å². The molecule has 0 aliphatic rings. The lowest BCUT2D eigenvalue weighted by Gasteiger charge is -2.30. The van der Waals surface area contributed by atoms with Gasteiger partial charge in [-0.05, 0) is 20.9 Å². The zero-order valence-electron chi connectivity index (χ0n) is 8.13. The highest BCUT2D eigenvalue weighted by Crippen LogP contribution is 2.11. The number of carbonyl (C=O) groups is 1. The first kappa shape index (κ1) is 11.4. The van der Waals surface area contributed by atoms with Crippen LogP contribution < -0.4 is 0 Å². The van der Waals surface area contributed by atoms with E-state index in [9.17, 15) is 4.79 Å². The highest BCUT2D eigenvalue weighted by molar-refractivity contribution is 5.77. The summed E-state index contributed by atoms with van der Waals surface area (Å²) in [6.07, 6.45) is 0. The van der Waals surface area contributed by atoms with Crippen LogP contribution in [0.3, 0.4) is 0 Å². The molecule has 4 heteroatoms. The fraction of sp³-hybridized carbons (Fsp3) is 0.875. The topological polar surface area (TPSA) is 49.8 Å². The normalized spacial score (nSPS) is 12.1. The predicted octanol–water partition coefficient (Wildman–Crippen LogP) is 0.428. The molecule has 0 unspecified atom stereocenters. The minimum absolute atomic E-state index is 0.549. The molecule has 0 fully saturated rings. The molecule has 0 rings (SSSR count). The zero-order valence-corrected chi connectivity index (χ0v) is 8.13. The van der Waals surface area contributed by atoms with Crippen molar-refractivity contribution >= 4 is 5.97 Å². The van der Waals surface area contributed by atoms with Crippen LogP contribution in [0, 0.1) is 0 Å². The van der Waals surface area contributed by atoms with Gasteiger partial charge in [0.1, 0.15) is 5.54 Å². The number of methoxy groups -OCH3 is 1. The van der Waals surface area contributed by atoms with Gasteiger partial charge in [-0.1, -0.05) is 0 Å². The van der Waals surface area contributed by atoms with Gasteiger partial charge >= 0.3 is 5.97 Å². The van der Waals surface area contributed by atoms with Crippen LogP contribution in [-0.4, -0.2) is 48.8 Å². The number of hydrogen-bond donors (Lipinski definition) is 1. The van der Waals surface area contributed by atoms with Crippen molar-refractivity contribution in [2.75, 3.05) is 27.3 Å². The standard InChI is InChI=1S/C8H17NO3/c1-8(2,7(10)11)9(3)5-6-12-4/h5-6H2,1-4H3,(H,10,11). The molecule has 0 aromatic rings. The Morgan fingerprint density at radius 2 is 2.08 bits per heavy atom. The van der Waals surface area contributed by atoms with E-state index in [2.05, 4.69) is 0 Å². The summed E-state index contributed by atoms with van der Waals surface area (Å²) in [4.78, 5) is 12.5. The first-order chi connectivity index (χ1) is 5.42. The number of carboxylic acid groups (broad SMARTS) is 1. The number of aliphatic carboxylic acids is 1. The highest BCUT2D eigenvalue weighted by Gasteiger charge is 2.31. The molecule has 0 radical (unpaired) electrons.